The number of aliphatic hydroxyl groups is 1. The van der Waals surface area contributed by atoms with Crippen LogP contribution in [-0.2, 0) is 5.60 Å². The summed E-state index contributed by atoms with van der Waals surface area (Å²) in [5.41, 5.74) is 0.0365. The van der Waals surface area contributed by atoms with Crippen molar-refractivity contribution in [2.24, 2.45) is 0 Å². The first kappa shape index (κ1) is 11.4. The SMILES string of the molecule is CC(O)(CC1CCCN1)c1ccc(O)cc1. The monoisotopic (exact) mass is 221 g/mol. The molecule has 1 aliphatic rings. The molecule has 0 aliphatic carbocycles. The van der Waals surface area contributed by atoms with E-state index in [9.17, 15) is 10.2 Å². The van der Waals surface area contributed by atoms with Crippen LogP contribution in [-0.4, -0.2) is 22.8 Å². The third-order valence-corrected chi connectivity index (χ3v) is 3.30. The van der Waals surface area contributed by atoms with E-state index < -0.39 is 5.60 Å². The normalized spacial score (nSPS) is 24.2. The van der Waals surface area contributed by atoms with Crippen LogP contribution >= 0.6 is 0 Å². The Morgan fingerprint density at radius 3 is 2.62 bits per heavy atom. The maximum atomic E-state index is 10.4. The van der Waals surface area contributed by atoms with Crippen LogP contribution < -0.4 is 5.32 Å². The molecule has 0 aromatic heterocycles. The molecule has 2 unspecified atom stereocenters. The molecule has 0 spiro atoms. The zero-order valence-corrected chi connectivity index (χ0v) is 9.61. The summed E-state index contributed by atoms with van der Waals surface area (Å²) in [7, 11) is 0. The molecule has 2 atom stereocenters. The molecule has 2 rings (SSSR count). The van der Waals surface area contributed by atoms with Crippen molar-refractivity contribution in [1.29, 1.82) is 0 Å². The van der Waals surface area contributed by atoms with Crippen LogP contribution in [0.25, 0.3) is 0 Å². The summed E-state index contributed by atoms with van der Waals surface area (Å²) in [4.78, 5) is 0. The van der Waals surface area contributed by atoms with Crippen molar-refractivity contribution in [2.45, 2.75) is 37.8 Å². The van der Waals surface area contributed by atoms with Crippen LogP contribution in [0.1, 0.15) is 31.7 Å². The quantitative estimate of drug-likeness (QED) is 0.728. The van der Waals surface area contributed by atoms with Gasteiger partial charge in [-0.1, -0.05) is 12.1 Å². The summed E-state index contributed by atoms with van der Waals surface area (Å²) in [5.74, 6) is 0.235. The van der Waals surface area contributed by atoms with Gasteiger partial charge in [-0.3, -0.25) is 0 Å². The molecule has 0 bridgehead atoms. The highest BCUT2D eigenvalue weighted by atomic mass is 16.3. The Balaban J connectivity index is 2.07. The van der Waals surface area contributed by atoms with Gasteiger partial charge in [-0.25, -0.2) is 0 Å². The van der Waals surface area contributed by atoms with E-state index in [1.165, 1.54) is 6.42 Å². The number of benzene rings is 1. The molecule has 88 valence electrons. The van der Waals surface area contributed by atoms with Crippen LogP contribution in [0.3, 0.4) is 0 Å². The van der Waals surface area contributed by atoms with Gasteiger partial charge in [0.15, 0.2) is 0 Å². The second-order valence-electron chi connectivity index (χ2n) is 4.82. The van der Waals surface area contributed by atoms with Gasteiger partial charge in [0.1, 0.15) is 5.75 Å². The van der Waals surface area contributed by atoms with E-state index >= 15 is 0 Å². The summed E-state index contributed by atoms with van der Waals surface area (Å²) >= 11 is 0. The number of phenolic OH excluding ortho intramolecular Hbond substituents is 1. The van der Waals surface area contributed by atoms with E-state index in [1.807, 2.05) is 6.92 Å². The van der Waals surface area contributed by atoms with E-state index in [2.05, 4.69) is 5.32 Å². The molecule has 1 aromatic carbocycles. The summed E-state index contributed by atoms with van der Waals surface area (Å²) in [6.07, 6.45) is 3.04. The van der Waals surface area contributed by atoms with E-state index in [4.69, 9.17) is 0 Å². The predicted octanol–water partition coefficient (Wildman–Crippen LogP) is 1.74. The lowest BCUT2D eigenvalue weighted by Crippen LogP contribution is -2.32. The third kappa shape index (κ3) is 2.54. The molecule has 1 heterocycles. The predicted molar refractivity (Wildman–Crippen MR) is 63.3 cm³/mol. The second-order valence-corrected chi connectivity index (χ2v) is 4.82. The zero-order chi connectivity index (χ0) is 11.6. The van der Waals surface area contributed by atoms with Gasteiger partial charge in [0, 0.05) is 6.04 Å². The summed E-state index contributed by atoms with van der Waals surface area (Å²) in [6, 6.07) is 7.20. The lowest BCUT2D eigenvalue weighted by molar-refractivity contribution is 0.0385. The minimum atomic E-state index is -0.824. The Morgan fingerprint density at radius 1 is 1.38 bits per heavy atom. The first-order valence-electron chi connectivity index (χ1n) is 5.83. The van der Waals surface area contributed by atoms with Crippen molar-refractivity contribution < 1.29 is 10.2 Å². The summed E-state index contributed by atoms with van der Waals surface area (Å²) in [5, 5.41) is 23.0. The zero-order valence-electron chi connectivity index (χ0n) is 9.61. The smallest absolute Gasteiger partial charge is 0.115 e. The number of phenols is 1. The van der Waals surface area contributed by atoms with Crippen LogP contribution in [0.5, 0.6) is 5.75 Å². The van der Waals surface area contributed by atoms with Gasteiger partial charge in [-0.15, -0.1) is 0 Å². The molecule has 1 aliphatic heterocycles. The molecule has 1 fully saturated rings. The van der Waals surface area contributed by atoms with Gasteiger partial charge >= 0.3 is 0 Å². The summed E-state index contributed by atoms with van der Waals surface area (Å²) in [6.45, 7) is 2.88. The van der Waals surface area contributed by atoms with Crippen LogP contribution in [0.2, 0.25) is 0 Å². The second kappa shape index (κ2) is 4.44. The minimum absolute atomic E-state index is 0.235. The molecule has 1 aromatic rings. The molecule has 1 saturated heterocycles. The van der Waals surface area contributed by atoms with Crippen molar-refractivity contribution in [3.63, 3.8) is 0 Å². The molecule has 16 heavy (non-hydrogen) atoms. The molecule has 0 amide bonds. The van der Waals surface area contributed by atoms with E-state index in [0.717, 1.165) is 24.9 Å². The average Bonchev–Trinajstić information content (AvgIpc) is 2.70. The molecule has 3 N–H and O–H groups in total. The van der Waals surface area contributed by atoms with Gasteiger partial charge in [0.05, 0.1) is 5.60 Å². The highest BCUT2D eigenvalue weighted by Gasteiger charge is 2.28. The fourth-order valence-corrected chi connectivity index (χ4v) is 2.35. The standard InChI is InChI=1S/C13H19NO2/c1-13(16,9-11-3-2-8-14-11)10-4-6-12(15)7-5-10/h4-7,11,14-16H,2-3,8-9H2,1H3. The van der Waals surface area contributed by atoms with E-state index in [0.29, 0.717) is 6.04 Å². The Morgan fingerprint density at radius 2 is 2.06 bits per heavy atom. The van der Waals surface area contributed by atoms with Crippen molar-refractivity contribution in [3.05, 3.63) is 29.8 Å². The first-order valence-corrected chi connectivity index (χ1v) is 5.83. The average molecular weight is 221 g/mol. The van der Waals surface area contributed by atoms with E-state index in [1.54, 1.807) is 24.3 Å². The topological polar surface area (TPSA) is 52.5 Å². The Labute approximate surface area is 96.1 Å². The number of hydrogen-bond acceptors (Lipinski definition) is 3. The van der Waals surface area contributed by atoms with Crippen LogP contribution in [0.15, 0.2) is 24.3 Å². The molecule has 3 heteroatoms. The van der Waals surface area contributed by atoms with Gasteiger partial charge in [-0.2, -0.15) is 0 Å². The van der Waals surface area contributed by atoms with Gasteiger partial charge < -0.3 is 15.5 Å². The van der Waals surface area contributed by atoms with Gasteiger partial charge in [0.2, 0.25) is 0 Å². The fourth-order valence-electron chi connectivity index (χ4n) is 2.35. The minimum Gasteiger partial charge on any atom is -0.508 e. The van der Waals surface area contributed by atoms with Crippen LogP contribution in [0, 0.1) is 0 Å². The maximum absolute atomic E-state index is 10.4. The Bertz CT molecular complexity index is 339. The number of rotatable bonds is 3. The molecule has 0 radical (unpaired) electrons. The Hall–Kier alpha value is -1.06. The van der Waals surface area contributed by atoms with Crippen molar-refractivity contribution in [3.8, 4) is 5.75 Å². The lowest BCUT2D eigenvalue weighted by atomic mass is 9.88. The van der Waals surface area contributed by atoms with Crippen molar-refractivity contribution in [1.82, 2.24) is 5.32 Å². The fraction of sp³-hybridized carbons (Fsp3) is 0.538. The van der Waals surface area contributed by atoms with Gasteiger partial charge in [0.25, 0.3) is 0 Å². The highest BCUT2D eigenvalue weighted by Crippen LogP contribution is 2.29. The number of aromatic hydroxyl groups is 1. The number of nitrogens with one attached hydrogen (secondary N) is 1. The Kier molecular flexibility index (Phi) is 3.17. The highest BCUT2D eigenvalue weighted by molar-refractivity contribution is 5.29. The largest absolute Gasteiger partial charge is 0.508 e. The number of hydrogen-bond donors (Lipinski definition) is 3. The lowest BCUT2D eigenvalue weighted by Gasteiger charge is -2.27. The van der Waals surface area contributed by atoms with Crippen molar-refractivity contribution in [2.75, 3.05) is 6.54 Å². The molecular weight excluding hydrogens is 202 g/mol. The first-order chi connectivity index (χ1) is 7.58. The van der Waals surface area contributed by atoms with Gasteiger partial charge in [-0.05, 0) is 50.4 Å². The molecular formula is C13H19NO2. The van der Waals surface area contributed by atoms with Crippen molar-refractivity contribution >= 4 is 0 Å². The maximum Gasteiger partial charge on any atom is 0.115 e. The summed E-state index contributed by atoms with van der Waals surface area (Å²) < 4.78 is 0. The van der Waals surface area contributed by atoms with E-state index in [-0.39, 0.29) is 5.75 Å². The van der Waals surface area contributed by atoms with Crippen LogP contribution in [0.4, 0.5) is 0 Å². The third-order valence-electron chi connectivity index (χ3n) is 3.30. The molecule has 0 saturated carbocycles. The molecule has 3 nitrogen and oxygen atoms in total.